The molecule has 2 aromatic rings. The number of nitrogens with one attached hydrogen (secondary N) is 1. The first-order chi connectivity index (χ1) is 13.3. The molecule has 0 radical (unpaired) electrons. The summed E-state index contributed by atoms with van der Waals surface area (Å²) < 4.78 is 0. The molecule has 3 rings (SSSR count). The molecule has 0 atom stereocenters. The largest absolute Gasteiger partial charge is 0.340 e. The number of rotatable bonds is 4. The Morgan fingerprint density at radius 2 is 1.71 bits per heavy atom. The zero-order chi connectivity index (χ0) is 20.3. The Bertz CT molecular complexity index is 818. The van der Waals surface area contributed by atoms with Gasteiger partial charge in [-0.1, -0.05) is 39.8 Å². The van der Waals surface area contributed by atoms with Crippen molar-refractivity contribution in [3.05, 3.63) is 47.4 Å². The minimum absolute atomic E-state index is 0.0209. The maximum absolute atomic E-state index is 12.9. The summed E-state index contributed by atoms with van der Waals surface area (Å²) >= 11 is 0. The number of carbonyl (C=O) groups excluding carboxylic acids is 1. The second-order valence-corrected chi connectivity index (χ2v) is 8.36. The molecule has 28 heavy (non-hydrogen) atoms. The van der Waals surface area contributed by atoms with Crippen molar-refractivity contribution in [1.29, 1.82) is 0 Å². The monoisotopic (exact) mass is 381 g/mol. The normalized spacial score (nSPS) is 15.5. The third-order valence-corrected chi connectivity index (χ3v) is 5.19. The van der Waals surface area contributed by atoms with Gasteiger partial charge in [0.05, 0.1) is 0 Å². The second-order valence-electron chi connectivity index (χ2n) is 8.36. The fourth-order valence-electron chi connectivity index (χ4n) is 3.37. The van der Waals surface area contributed by atoms with Crippen LogP contribution in [0.4, 0.5) is 11.5 Å². The molecule has 0 spiro atoms. The van der Waals surface area contributed by atoms with Crippen molar-refractivity contribution in [3.8, 4) is 0 Å². The number of benzene rings is 1. The van der Waals surface area contributed by atoms with Gasteiger partial charge in [-0.15, -0.1) is 0 Å². The van der Waals surface area contributed by atoms with Gasteiger partial charge in [-0.2, -0.15) is 0 Å². The van der Waals surface area contributed by atoms with E-state index in [0.717, 1.165) is 38.4 Å². The van der Waals surface area contributed by atoms with Crippen LogP contribution in [0.15, 0.2) is 30.3 Å². The Morgan fingerprint density at radius 3 is 2.29 bits per heavy atom. The summed E-state index contributed by atoms with van der Waals surface area (Å²) in [6.45, 7) is 14.9. The van der Waals surface area contributed by atoms with Gasteiger partial charge in [0.15, 0.2) is 0 Å². The Kier molecular flexibility index (Phi) is 5.98. The van der Waals surface area contributed by atoms with E-state index in [9.17, 15) is 4.79 Å². The van der Waals surface area contributed by atoms with Crippen LogP contribution in [-0.2, 0) is 5.41 Å². The number of anilines is 2. The molecule has 0 saturated carbocycles. The molecule has 150 valence electrons. The number of nitrogens with zero attached hydrogens (tertiary/aromatic N) is 4. The van der Waals surface area contributed by atoms with Crippen molar-refractivity contribution >= 4 is 17.4 Å². The molecule has 1 aliphatic rings. The van der Waals surface area contributed by atoms with Crippen LogP contribution in [-0.4, -0.2) is 58.4 Å². The first-order valence-corrected chi connectivity index (χ1v) is 10.0. The van der Waals surface area contributed by atoms with Gasteiger partial charge in [-0.25, -0.2) is 9.97 Å². The molecule has 0 aliphatic carbocycles. The zero-order valence-corrected chi connectivity index (χ0v) is 17.6. The van der Waals surface area contributed by atoms with Crippen LogP contribution < -0.4 is 5.32 Å². The number of likely N-dealkylation sites (N-methyl/N-ethyl adjacent to an activating group) is 1. The average molecular weight is 382 g/mol. The van der Waals surface area contributed by atoms with E-state index >= 15 is 0 Å². The van der Waals surface area contributed by atoms with Gasteiger partial charge >= 0.3 is 0 Å². The average Bonchev–Trinajstić information content (AvgIpc) is 2.67. The smallest absolute Gasteiger partial charge is 0.272 e. The Balaban J connectivity index is 1.73. The molecule has 6 nitrogen and oxygen atoms in total. The van der Waals surface area contributed by atoms with Crippen molar-refractivity contribution in [2.75, 3.05) is 38.0 Å². The highest BCUT2D eigenvalue weighted by atomic mass is 16.2. The summed E-state index contributed by atoms with van der Waals surface area (Å²) in [5, 5.41) is 3.31. The predicted octanol–water partition coefficient (Wildman–Crippen LogP) is 3.60. The Morgan fingerprint density at radius 1 is 1.07 bits per heavy atom. The number of aromatic nitrogens is 2. The van der Waals surface area contributed by atoms with E-state index in [-0.39, 0.29) is 11.3 Å². The molecule has 0 unspecified atom stereocenters. The van der Waals surface area contributed by atoms with E-state index in [4.69, 9.17) is 0 Å². The molecule has 6 heteroatoms. The molecule has 1 amide bonds. The van der Waals surface area contributed by atoms with Crippen LogP contribution in [0.5, 0.6) is 0 Å². The summed E-state index contributed by atoms with van der Waals surface area (Å²) in [7, 11) is 0. The minimum Gasteiger partial charge on any atom is -0.340 e. The van der Waals surface area contributed by atoms with E-state index in [1.807, 2.05) is 24.0 Å². The van der Waals surface area contributed by atoms with Gasteiger partial charge in [0.1, 0.15) is 17.3 Å². The van der Waals surface area contributed by atoms with Gasteiger partial charge in [-0.3, -0.25) is 4.79 Å². The molecular formula is C22H31N5O. The van der Waals surface area contributed by atoms with Gasteiger partial charge < -0.3 is 15.1 Å². The molecule has 1 N–H and O–H groups in total. The Hall–Kier alpha value is -2.47. The van der Waals surface area contributed by atoms with E-state index < -0.39 is 0 Å². The molecule has 1 fully saturated rings. The lowest BCUT2D eigenvalue weighted by Crippen LogP contribution is -2.48. The Labute approximate surface area is 168 Å². The number of aryl methyl sites for hydroxylation is 1. The van der Waals surface area contributed by atoms with Crippen LogP contribution in [0.1, 0.15) is 49.6 Å². The molecule has 0 bridgehead atoms. The van der Waals surface area contributed by atoms with Gasteiger partial charge in [0.2, 0.25) is 0 Å². The fraction of sp³-hybridized carbons (Fsp3) is 0.500. The number of hydrogen-bond acceptors (Lipinski definition) is 5. The molecule has 1 aliphatic heterocycles. The standard InChI is InChI=1S/C22H31N5O/c1-6-26-11-13-27(14-12-26)21(28)19-15-20(24-16(2)23-19)25-18-9-7-17(8-10-18)22(3,4)5/h7-10,15H,6,11-14H2,1-5H3,(H,23,24,25). The van der Waals surface area contributed by atoms with Crippen molar-refractivity contribution < 1.29 is 4.79 Å². The van der Waals surface area contributed by atoms with Gasteiger partial charge in [0.25, 0.3) is 5.91 Å². The van der Waals surface area contributed by atoms with Crippen LogP contribution in [0.25, 0.3) is 0 Å². The van der Waals surface area contributed by atoms with Crippen LogP contribution in [0, 0.1) is 6.92 Å². The van der Waals surface area contributed by atoms with E-state index in [1.165, 1.54) is 5.56 Å². The molecule has 2 heterocycles. The highest BCUT2D eigenvalue weighted by Crippen LogP contribution is 2.24. The molecular weight excluding hydrogens is 350 g/mol. The summed E-state index contributed by atoms with van der Waals surface area (Å²) in [5.74, 6) is 1.21. The summed E-state index contributed by atoms with van der Waals surface area (Å²) in [5.41, 5.74) is 2.79. The summed E-state index contributed by atoms with van der Waals surface area (Å²) in [6.07, 6.45) is 0. The van der Waals surface area contributed by atoms with Crippen molar-refractivity contribution in [1.82, 2.24) is 19.8 Å². The highest BCUT2D eigenvalue weighted by molar-refractivity contribution is 5.93. The maximum atomic E-state index is 12.9. The predicted molar refractivity (Wildman–Crippen MR) is 113 cm³/mol. The molecule has 1 saturated heterocycles. The van der Waals surface area contributed by atoms with Crippen LogP contribution in [0.2, 0.25) is 0 Å². The van der Waals surface area contributed by atoms with E-state index in [0.29, 0.717) is 17.3 Å². The third kappa shape index (κ3) is 4.87. The van der Waals surface area contributed by atoms with Crippen molar-refractivity contribution in [3.63, 3.8) is 0 Å². The third-order valence-electron chi connectivity index (χ3n) is 5.19. The summed E-state index contributed by atoms with van der Waals surface area (Å²) in [4.78, 5) is 26.0. The van der Waals surface area contributed by atoms with Gasteiger partial charge in [0, 0.05) is 37.9 Å². The zero-order valence-electron chi connectivity index (χ0n) is 17.6. The SMILES string of the molecule is CCN1CCN(C(=O)c2cc(Nc3ccc(C(C)(C)C)cc3)nc(C)n2)CC1. The second kappa shape index (κ2) is 8.27. The van der Waals surface area contributed by atoms with Crippen LogP contribution >= 0.6 is 0 Å². The first-order valence-electron chi connectivity index (χ1n) is 10.0. The number of piperazine rings is 1. The fourth-order valence-corrected chi connectivity index (χ4v) is 3.37. The minimum atomic E-state index is -0.0209. The lowest BCUT2D eigenvalue weighted by molar-refractivity contribution is 0.0637. The first kappa shape index (κ1) is 20.3. The lowest BCUT2D eigenvalue weighted by Gasteiger charge is -2.33. The topological polar surface area (TPSA) is 61.4 Å². The van der Waals surface area contributed by atoms with Crippen molar-refractivity contribution in [2.24, 2.45) is 0 Å². The quantitative estimate of drug-likeness (QED) is 0.877. The number of hydrogen-bond donors (Lipinski definition) is 1. The highest BCUT2D eigenvalue weighted by Gasteiger charge is 2.23. The van der Waals surface area contributed by atoms with E-state index in [1.54, 1.807) is 6.07 Å². The number of carbonyl (C=O) groups is 1. The molecule has 1 aromatic carbocycles. The summed E-state index contributed by atoms with van der Waals surface area (Å²) in [6, 6.07) is 10.1. The lowest BCUT2D eigenvalue weighted by atomic mass is 9.87. The van der Waals surface area contributed by atoms with Crippen molar-refractivity contribution in [2.45, 2.75) is 40.0 Å². The maximum Gasteiger partial charge on any atom is 0.272 e. The van der Waals surface area contributed by atoms with Gasteiger partial charge in [-0.05, 0) is 36.6 Å². The number of amides is 1. The molecule has 1 aromatic heterocycles. The van der Waals surface area contributed by atoms with Crippen LogP contribution in [0.3, 0.4) is 0 Å². The van der Waals surface area contributed by atoms with E-state index in [2.05, 4.69) is 60.0 Å².